The number of hydrogen-bond acceptors (Lipinski definition) is 8. The van der Waals surface area contributed by atoms with Crippen molar-refractivity contribution in [3.8, 4) is 11.5 Å². The number of aromatic hydroxyl groups is 1. The molecule has 7 rings (SSSR count). The number of fused-ring (bicyclic) bond motifs is 4. The van der Waals surface area contributed by atoms with Crippen LogP contribution in [0.5, 0.6) is 11.5 Å². The van der Waals surface area contributed by atoms with Gasteiger partial charge in [0, 0.05) is 21.2 Å². The van der Waals surface area contributed by atoms with E-state index in [0.717, 1.165) is 15.3 Å². The molecule has 1 aromatic carbocycles. The van der Waals surface area contributed by atoms with Crippen LogP contribution >= 0.6 is 22.7 Å². The van der Waals surface area contributed by atoms with E-state index >= 15 is 0 Å². The van der Waals surface area contributed by atoms with Gasteiger partial charge in [0.05, 0.1) is 43.9 Å². The lowest BCUT2D eigenvalue weighted by Gasteiger charge is -2.44. The van der Waals surface area contributed by atoms with Crippen molar-refractivity contribution in [2.75, 3.05) is 7.11 Å². The summed E-state index contributed by atoms with van der Waals surface area (Å²) in [6.45, 7) is 0.434. The van der Waals surface area contributed by atoms with Crippen molar-refractivity contribution >= 4 is 46.3 Å². The van der Waals surface area contributed by atoms with Gasteiger partial charge in [-0.05, 0) is 47.7 Å². The van der Waals surface area contributed by atoms with Crippen LogP contribution < -0.4 is 4.74 Å². The number of carbonyl (C=O) groups excluding carboxylic acids is 4. The minimum absolute atomic E-state index is 0.0764. The Morgan fingerprint density at radius 1 is 0.805 bits per heavy atom. The highest BCUT2D eigenvalue weighted by Gasteiger charge is 2.62. The van der Waals surface area contributed by atoms with E-state index in [2.05, 4.69) is 0 Å². The lowest BCUT2D eigenvalue weighted by Crippen LogP contribution is -2.43. The molecular weight excluding hydrogens is 560 g/mol. The first kappa shape index (κ1) is 26.2. The quantitative estimate of drug-likeness (QED) is 0.335. The number of amides is 4. The summed E-state index contributed by atoms with van der Waals surface area (Å²) in [7, 11) is 1.47. The molecule has 8 nitrogen and oxygen atoms in total. The van der Waals surface area contributed by atoms with Crippen LogP contribution in [0.1, 0.15) is 34.1 Å². The molecule has 1 saturated carbocycles. The molecule has 41 heavy (non-hydrogen) atoms. The maximum absolute atomic E-state index is 14.0. The molecular formula is C31H28N2O6S2. The predicted molar refractivity (Wildman–Crippen MR) is 152 cm³/mol. The van der Waals surface area contributed by atoms with Gasteiger partial charge in [0.15, 0.2) is 11.5 Å². The summed E-state index contributed by atoms with van der Waals surface area (Å²) >= 11 is 2.99. The number of likely N-dealkylation sites (tertiary alicyclic amines) is 2. The molecule has 3 aromatic rings. The molecule has 210 valence electrons. The van der Waals surface area contributed by atoms with Gasteiger partial charge in [0.25, 0.3) is 0 Å². The predicted octanol–water partition coefficient (Wildman–Crippen LogP) is 4.56. The number of carbonyl (C=O) groups is 4. The number of para-hydroxylation sites is 1. The number of ether oxygens (including phenoxy) is 1. The van der Waals surface area contributed by atoms with Gasteiger partial charge in [-0.1, -0.05) is 35.9 Å². The van der Waals surface area contributed by atoms with Crippen molar-refractivity contribution in [1.29, 1.82) is 0 Å². The second-order valence-corrected chi connectivity index (χ2v) is 13.2. The Morgan fingerprint density at radius 3 is 2.05 bits per heavy atom. The molecule has 0 radical (unpaired) electrons. The summed E-state index contributed by atoms with van der Waals surface area (Å²) in [5, 5.41) is 15.1. The lowest BCUT2D eigenvalue weighted by molar-refractivity contribution is -0.142. The van der Waals surface area contributed by atoms with Crippen molar-refractivity contribution in [2.24, 2.45) is 29.6 Å². The first-order chi connectivity index (χ1) is 19.9. The van der Waals surface area contributed by atoms with Crippen LogP contribution in [0.2, 0.25) is 0 Å². The average molecular weight is 589 g/mol. The number of thiophene rings is 2. The van der Waals surface area contributed by atoms with Crippen LogP contribution in [0, 0.1) is 29.6 Å². The van der Waals surface area contributed by atoms with Crippen molar-refractivity contribution in [3.63, 3.8) is 0 Å². The molecule has 1 N–H and O–H groups in total. The minimum Gasteiger partial charge on any atom is -0.504 e. The number of hydrogen-bond donors (Lipinski definition) is 1. The summed E-state index contributed by atoms with van der Waals surface area (Å²) in [5.74, 6) is -4.21. The number of phenolic OH excluding ortho intramolecular Hbond substituents is 1. The third-order valence-corrected chi connectivity index (χ3v) is 10.9. The summed E-state index contributed by atoms with van der Waals surface area (Å²) in [6, 6.07) is 12.8. The van der Waals surface area contributed by atoms with E-state index in [1.165, 1.54) is 39.6 Å². The molecule has 2 aliphatic heterocycles. The molecule has 0 bridgehead atoms. The number of nitrogens with zero attached hydrogens (tertiary/aromatic N) is 2. The highest BCUT2D eigenvalue weighted by atomic mass is 32.1. The van der Waals surface area contributed by atoms with Gasteiger partial charge in [-0.15, -0.1) is 22.7 Å². The highest BCUT2D eigenvalue weighted by Crippen LogP contribution is 2.59. The topological polar surface area (TPSA) is 104 Å². The van der Waals surface area contributed by atoms with Crippen LogP contribution in [0.3, 0.4) is 0 Å². The normalized spacial score (nSPS) is 29.0. The fraction of sp³-hybridized carbons (Fsp3) is 0.355. The third-order valence-electron chi connectivity index (χ3n) is 9.20. The lowest BCUT2D eigenvalue weighted by atomic mass is 9.57. The molecule has 2 aromatic heterocycles. The Hall–Kier alpha value is -3.76. The maximum Gasteiger partial charge on any atom is 0.234 e. The average Bonchev–Trinajstić information content (AvgIpc) is 3.77. The van der Waals surface area contributed by atoms with Gasteiger partial charge < -0.3 is 9.84 Å². The fourth-order valence-corrected chi connectivity index (χ4v) is 8.84. The smallest absolute Gasteiger partial charge is 0.234 e. The van der Waals surface area contributed by atoms with E-state index in [1.54, 1.807) is 18.2 Å². The van der Waals surface area contributed by atoms with E-state index in [1.807, 2.05) is 41.1 Å². The fourth-order valence-electron chi connectivity index (χ4n) is 7.45. The zero-order chi connectivity index (χ0) is 28.4. The van der Waals surface area contributed by atoms with Gasteiger partial charge in [-0.3, -0.25) is 29.0 Å². The van der Waals surface area contributed by atoms with E-state index < -0.39 is 35.5 Å². The first-order valence-corrected chi connectivity index (χ1v) is 15.5. The second kappa shape index (κ2) is 9.95. The van der Waals surface area contributed by atoms with Crippen LogP contribution in [0.15, 0.2) is 64.9 Å². The van der Waals surface area contributed by atoms with E-state index in [-0.39, 0.29) is 48.2 Å². The summed E-state index contributed by atoms with van der Waals surface area (Å²) in [4.78, 5) is 59.9. The van der Waals surface area contributed by atoms with Crippen molar-refractivity contribution in [2.45, 2.75) is 31.8 Å². The summed E-state index contributed by atoms with van der Waals surface area (Å²) in [6.07, 6.45) is 2.68. The Balaban J connectivity index is 1.31. The third kappa shape index (κ3) is 3.99. The SMILES string of the molecule is COc1cccc(C2C3=CCC4C(=O)N(Cc5cccs5)C(=O)C4C3CC3C(=O)N(Cc4cccs4)C(=O)C32)c1O. The number of allylic oxidation sites excluding steroid dienone is 2. The number of benzene rings is 1. The largest absolute Gasteiger partial charge is 0.504 e. The highest BCUT2D eigenvalue weighted by molar-refractivity contribution is 7.10. The Kier molecular flexibility index (Phi) is 6.35. The second-order valence-electron chi connectivity index (χ2n) is 11.1. The Labute approximate surface area is 244 Å². The van der Waals surface area contributed by atoms with E-state index in [4.69, 9.17) is 4.74 Å². The van der Waals surface area contributed by atoms with Crippen molar-refractivity contribution in [3.05, 3.63) is 80.2 Å². The number of imide groups is 2. The van der Waals surface area contributed by atoms with Crippen LogP contribution in [-0.4, -0.2) is 45.6 Å². The standard InChI is InChI=1S/C31H28N2O6S2/c1-39-23-8-2-7-19(27(23)34)24-18-9-10-20-25(30(37)32(28(20)35)14-16-5-3-11-40-16)21(18)13-22-26(24)31(38)33(29(22)36)15-17-6-4-12-41-17/h2-9,11-12,20-22,24-26,34H,10,13-15H2,1H3. The molecule has 4 aliphatic rings. The van der Waals surface area contributed by atoms with Gasteiger partial charge >= 0.3 is 0 Å². The molecule has 6 unspecified atom stereocenters. The summed E-state index contributed by atoms with van der Waals surface area (Å²) < 4.78 is 5.39. The van der Waals surface area contributed by atoms with Gasteiger partial charge in [-0.25, -0.2) is 0 Å². The molecule has 10 heteroatoms. The zero-order valence-electron chi connectivity index (χ0n) is 22.3. The minimum atomic E-state index is -0.714. The Morgan fingerprint density at radius 2 is 1.44 bits per heavy atom. The van der Waals surface area contributed by atoms with Crippen molar-refractivity contribution in [1.82, 2.24) is 9.80 Å². The molecule has 4 heterocycles. The Bertz CT molecular complexity index is 1580. The van der Waals surface area contributed by atoms with E-state index in [0.29, 0.717) is 18.4 Å². The molecule has 2 aliphatic carbocycles. The maximum atomic E-state index is 14.0. The van der Waals surface area contributed by atoms with Gasteiger partial charge in [-0.2, -0.15) is 0 Å². The molecule has 0 spiro atoms. The van der Waals surface area contributed by atoms with Crippen LogP contribution in [-0.2, 0) is 32.3 Å². The van der Waals surface area contributed by atoms with Crippen molar-refractivity contribution < 1.29 is 29.0 Å². The number of methoxy groups -OCH3 is 1. The van der Waals surface area contributed by atoms with Crippen LogP contribution in [0.25, 0.3) is 0 Å². The number of rotatable bonds is 6. The first-order valence-electron chi connectivity index (χ1n) is 13.7. The number of phenols is 1. The molecule has 6 atom stereocenters. The van der Waals surface area contributed by atoms with Gasteiger partial charge in [0.2, 0.25) is 23.6 Å². The molecule has 4 amide bonds. The monoisotopic (exact) mass is 588 g/mol. The molecule has 3 fully saturated rings. The van der Waals surface area contributed by atoms with E-state index in [9.17, 15) is 24.3 Å². The summed E-state index contributed by atoms with van der Waals surface area (Å²) in [5.41, 5.74) is 1.36. The molecule has 2 saturated heterocycles. The van der Waals surface area contributed by atoms with Gasteiger partial charge in [0.1, 0.15) is 0 Å². The van der Waals surface area contributed by atoms with Crippen LogP contribution in [0.4, 0.5) is 0 Å². The zero-order valence-corrected chi connectivity index (χ0v) is 23.9.